The average Bonchev–Trinajstić information content (AvgIpc) is 3.60. The molecule has 3 aromatic heterocycles. The number of rotatable bonds is 2. The summed E-state index contributed by atoms with van der Waals surface area (Å²) in [6, 6.07) is 46.7. The number of fused-ring (bicyclic) bond motifs is 8. The molecule has 0 saturated carbocycles. The van der Waals surface area contributed by atoms with Crippen molar-refractivity contribution in [1.29, 1.82) is 0 Å². The van der Waals surface area contributed by atoms with E-state index in [1.165, 1.54) is 10.8 Å². The molecule has 9 aromatic rings. The molecule has 0 amide bonds. The highest BCUT2D eigenvalue weighted by Gasteiger charge is 2.22. The zero-order valence-corrected chi connectivity index (χ0v) is 23.6. The predicted octanol–water partition coefficient (Wildman–Crippen LogP) is 9.22. The first-order valence-electron chi connectivity index (χ1n) is 14.7. The fraction of sp³-hybridized carbons (Fsp3) is 0. The van der Waals surface area contributed by atoms with Crippen molar-refractivity contribution in [3.05, 3.63) is 157 Å². The fourth-order valence-electron chi connectivity index (χ4n) is 6.47. The Morgan fingerprint density at radius 3 is 2.07 bits per heavy atom. The largest absolute Gasteiger partial charge is 0.309 e. The number of nitrogens with zero attached hydrogens (tertiary/aromatic N) is 4. The summed E-state index contributed by atoms with van der Waals surface area (Å²) >= 11 is 0. The zero-order chi connectivity index (χ0) is 29.0. The lowest BCUT2D eigenvalue weighted by molar-refractivity contribution is 1.13. The van der Waals surface area contributed by atoms with Crippen LogP contribution in [0.25, 0.3) is 66.0 Å². The summed E-state index contributed by atoms with van der Waals surface area (Å²) in [6.07, 6.45) is 3.56. The number of para-hydroxylation sites is 1. The Morgan fingerprint density at radius 2 is 1.20 bits per heavy atom. The molecule has 0 aliphatic carbocycles. The molecule has 0 atom stereocenters. The zero-order valence-electron chi connectivity index (χ0n) is 23.6. The molecule has 3 heterocycles. The Morgan fingerprint density at radius 1 is 0.477 bits per heavy atom. The smallest absolute Gasteiger partial charge is 0.164 e. The van der Waals surface area contributed by atoms with E-state index in [9.17, 15) is 0 Å². The predicted molar refractivity (Wildman–Crippen MR) is 181 cm³/mol. The molecular formula is C40H24N4. The van der Waals surface area contributed by atoms with Crippen LogP contribution in [0.3, 0.4) is 0 Å². The standard InChI is InChI=1S/C40H24N4/c1-3-9-27(10-4-1)15-16-28-17-20-33-36(25-28)43(31-13-5-2-6-14-31)35-22-21-34-38-40(42-24-23-41-38)44(39(34)37(33)35)32-19-18-29-11-7-8-12-30(29)26-32/h1-14,17-26H. The third-order valence-corrected chi connectivity index (χ3v) is 8.40. The minimum Gasteiger partial charge on any atom is -0.309 e. The van der Waals surface area contributed by atoms with Gasteiger partial charge in [-0.25, -0.2) is 4.98 Å². The summed E-state index contributed by atoms with van der Waals surface area (Å²) in [7, 11) is 0. The Balaban J connectivity index is 1.41. The van der Waals surface area contributed by atoms with Gasteiger partial charge in [-0.2, -0.15) is 0 Å². The second-order valence-electron chi connectivity index (χ2n) is 11.0. The first-order valence-corrected chi connectivity index (χ1v) is 14.7. The number of aromatic nitrogens is 4. The van der Waals surface area contributed by atoms with Crippen molar-refractivity contribution in [1.82, 2.24) is 19.1 Å². The number of hydrogen-bond donors (Lipinski definition) is 0. The normalized spacial score (nSPS) is 11.5. The molecule has 0 bridgehead atoms. The van der Waals surface area contributed by atoms with Crippen LogP contribution in [0, 0.1) is 11.8 Å². The summed E-state index contributed by atoms with van der Waals surface area (Å²) in [5.41, 5.74) is 9.19. The van der Waals surface area contributed by atoms with Crippen molar-refractivity contribution in [3.8, 4) is 23.2 Å². The SMILES string of the molecule is C(#Cc1ccc2c3c(ccc4c5nccnc5n(-c5ccc6ccccc6c5)c43)n(-c3ccccc3)c2c1)c1ccccc1. The van der Waals surface area contributed by atoms with Crippen molar-refractivity contribution in [2.45, 2.75) is 0 Å². The Kier molecular flexibility index (Phi) is 5.38. The van der Waals surface area contributed by atoms with Gasteiger partial charge in [0.25, 0.3) is 0 Å². The van der Waals surface area contributed by atoms with Crippen LogP contribution in [0.15, 0.2) is 146 Å². The van der Waals surface area contributed by atoms with Crippen molar-refractivity contribution in [3.63, 3.8) is 0 Å². The molecule has 204 valence electrons. The average molecular weight is 561 g/mol. The molecule has 0 aliphatic rings. The van der Waals surface area contributed by atoms with Gasteiger partial charge in [0.1, 0.15) is 5.52 Å². The van der Waals surface area contributed by atoms with Crippen LogP contribution in [0.1, 0.15) is 11.1 Å². The highest BCUT2D eigenvalue weighted by Crippen LogP contribution is 2.41. The Labute approximate surface area is 253 Å². The van der Waals surface area contributed by atoms with Crippen LogP contribution < -0.4 is 0 Å². The molecule has 0 saturated heterocycles. The monoisotopic (exact) mass is 560 g/mol. The summed E-state index contributed by atoms with van der Waals surface area (Å²) in [4.78, 5) is 9.70. The van der Waals surface area contributed by atoms with Gasteiger partial charge >= 0.3 is 0 Å². The lowest BCUT2D eigenvalue weighted by Gasteiger charge is -2.10. The van der Waals surface area contributed by atoms with E-state index < -0.39 is 0 Å². The van der Waals surface area contributed by atoms with E-state index in [1.807, 2.05) is 30.3 Å². The van der Waals surface area contributed by atoms with E-state index in [4.69, 9.17) is 9.97 Å². The second kappa shape index (κ2) is 9.69. The lowest BCUT2D eigenvalue weighted by atomic mass is 10.1. The van der Waals surface area contributed by atoms with Crippen LogP contribution in [0.4, 0.5) is 0 Å². The highest BCUT2D eigenvalue weighted by molar-refractivity contribution is 6.25. The van der Waals surface area contributed by atoms with Crippen molar-refractivity contribution in [2.24, 2.45) is 0 Å². The number of benzene rings is 6. The molecule has 0 N–H and O–H groups in total. The fourth-order valence-corrected chi connectivity index (χ4v) is 6.47. The van der Waals surface area contributed by atoms with Gasteiger partial charge in [-0.3, -0.25) is 9.55 Å². The van der Waals surface area contributed by atoms with Crippen LogP contribution in [-0.2, 0) is 0 Å². The molecular weight excluding hydrogens is 536 g/mol. The van der Waals surface area contributed by atoms with Crippen LogP contribution in [-0.4, -0.2) is 19.1 Å². The summed E-state index contributed by atoms with van der Waals surface area (Å²) < 4.78 is 4.63. The van der Waals surface area contributed by atoms with E-state index in [2.05, 4.69) is 124 Å². The maximum Gasteiger partial charge on any atom is 0.164 e. The van der Waals surface area contributed by atoms with E-state index in [1.54, 1.807) is 12.4 Å². The van der Waals surface area contributed by atoms with Gasteiger partial charge in [-0.1, -0.05) is 84.6 Å². The van der Waals surface area contributed by atoms with Gasteiger partial charge in [-0.15, -0.1) is 0 Å². The topological polar surface area (TPSA) is 35.6 Å². The second-order valence-corrected chi connectivity index (χ2v) is 11.0. The molecule has 44 heavy (non-hydrogen) atoms. The summed E-state index contributed by atoms with van der Waals surface area (Å²) in [6.45, 7) is 0. The molecule has 0 radical (unpaired) electrons. The van der Waals surface area contributed by atoms with Crippen molar-refractivity contribution >= 4 is 54.6 Å². The van der Waals surface area contributed by atoms with Gasteiger partial charge in [0.05, 0.1) is 16.6 Å². The molecule has 9 rings (SSSR count). The minimum atomic E-state index is 0.844. The summed E-state index contributed by atoms with van der Waals surface area (Å²) in [5, 5.41) is 5.79. The summed E-state index contributed by atoms with van der Waals surface area (Å²) in [5.74, 6) is 6.73. The minimum absolute atomic E-state index is 0.844. The van der Waals surface area contributed by atoms with E-state index in [-0.39, 0.29) is 0 Å². The molecule has 0 spiro atoms. The van der Waals surface area contributed by atoms with Gasteiger partial charge in [0.2, 0.25) is 0 Å². The Bertz CT molecular complexity index is 2600. The van der Waals surface area contributed by atoms with Gasteiger partial charge < -0.3 is 4.57 Å². The molecule has 6 aromatic carbocycles. The van der Waals surface area contributed by atoms with E-state index >= 15 is 0 Å². The Hall–Kier alpha value is -6.18. The lowest BCUT2D eigenvalue weighted by Crippen LogP contribution is -1.96. The van der Waals surface area contributed by atoms with Gasteiger partial charge in [-0.05, 0) is 71.4 Å². The molecule has 0 unspecified atom stereocenters. The van der Waals surface area contributed by atoms with Crippen molar-refractivity contribution < 1.29 is 0 Å². The van der Waals surface area contributed by atoms with E-state index in [0.717, 1.165) is 66.4 Å². The van der Waals surface area contributed by atoms with Crippen LogP contribution >= 0.6 is 0 Å². The first-order chi connectivity index (χ1) is 21.8. The van der Waals surface area contributed by atoms with Crippen LogP contribution in [0.5, 0.6) is 0 Å². The van der Waals surface area contributed by atoms with E-state index in [0.29, 0.717) is 0 Å². The highest BCUT2D eigenvalue weighted by atomic mass is 15.1. The van der Waals surface area contributed by atoms with Crippen molar-refractivity contribution in [2.75, 3.05) is 0 Å². The molecule has 0 fully saturated rings. The third-order valence-electron chi connectivity index (χ3n) is 8.40. The molecule has 0 aliphatic heterocycles. The quantitative estimate of drug-likeness (QED) is 0.198. The number of hydrogen-bond acceptors (Lipinski definition) is 2. The first kappa shape index (κ1) is 24.4. The van der Waals surface area contributed by atoms with Gasteiger partial charge in [0, 0.05) is 51.1 Å². The molecule has 4 heteroatoms. The molecule has 4 nitrogen and oxygen atoms in total. The van der Waals surface area contributed by atoms with Crippen LogP contribution in [0.2, 0.25) is 0 Å². The maximum atomic E-state index is 4.87. The van der Waals surface area contributed by atoms with Gasteiger partial charge in [0.15, 0.2) is 5.65 Å². The third kappa shape index (κ3) is 3.74. The maximum absolute atomic E-state index is 4.87.